The van der Waals surface area contributed by atoms with Gasteiger partial charge in [-0.25, -0.2) is 12.8 Å². The lowest BCUT2D eigenvalue weighted by atomic mass is 10.2. The van der Waals surface area contributed by atoms with Crippen LogP contribution in [0.4, 0.5) is 4.39 Å². The van der Waals surface area contributed by atoms with E-state index in [2.05, 4.69) is 11.8 Å². The van der Waals surface area contributed by atoms with Crippen LogP contribution in [0.2, 0.25) is 0 Å². The van der Waals surface area contributed by atoms with Crippen LogP contribution in [-0.4, -0.2) is 37.5 Å². The van der Waals surface area contributed by atoms with Crippen LogP contribution in [0, 0.1) is 17.7 Å². The predicted molar refractivity (Wildman–Crippen MR) is 68.3 cm³/mol. The Morgan fingerprint density at radius 2 is 2.16 bits per heavy atom. The zero-order valence-electron chi connectivity index (χ0n) is 10.4. The van der Waals surface area contributed by atoms with Gasteiger partial charge in [-0.15, -0.1) is 0 Å². The van der Waals surface area contributed by atoms with E-state index in [9.17, 15) is 12.8 Å². The fourth-order valence-corrected chi connectivity index (χ4v) is 3.18. The number of aliphatic hydroxyl groups is 1. The smallest absolute Gasteiger partial charge is 0.245 e. The van der Waals surface area contributed by atoms with E-state index in [1.54, 1.807) is 0 Å². The molecule has 6 heteroatoms. The zero-order chi connectivity index (χ0) is 14.0. The van der Waals surface area contributed by atoms with Crippen LogP contribution in [0.3, 0.4) is 0 Å². The molecule has 0 saturated heterocycles. The van der Waals surface area contributed by atoms with Gasteiger partial charge >= 0.3 is 0 Å². The number of sulfonamides is 1. The van der Waals surface area contributed by atoms with Crippen molar-refractivity contribution in [2.24, 2.45) is 0 Å². The van der Waals surface area contributed by atoms with E-state index < -0.39 is 15.8 Å². The molecule has 1 aliphatic carbocycles. The van der Waals surface area contributed by atoms with Gasteiger partial charge in [-0.3, -0.25) is 0 Å². The normalized spacial score (nSPS) is 15.2. The van der Waals surface area contributed by atoms with Crippen molar-refractivity contribution < 1.29 is 17.9 Å². The molecule has 2 rings (SSSR count). The highest BCUT2D eigenvalue weighted by atomic mass is 32.2. The molecule has 1 aromatic rings. The molecule has 1 fully saturated rings. The minimum absolute atomic E-state index is 0.0155. The number of hydrogen-bond acceptors (Lipinski definition) is 3. The molecule has 1 saturated carbocycles. The first-order valence-electron chi connectivity index (χ1n) is 5.84. The minimum Gasteiger partial charge on any atom is -0.384 e. The van der Waals surface area contributed by atoms with Crippen molar-refractivity contribution in [1.29, 1.82) is 0 Å². The number of halogens is 1. The molecule has 0 aliphatic heterocycles. The summed E-state index contributed by atoms with van der Waals surface area (Å²) in [6.45, 7) is -0.327. The molecule has 102 valence electrons. The highest BCUT2D eigenvalue weighted by Crippen LogP contribution is 2.31. The van der Waals surface area contributed by atoms with E-state index >= 15 is 0 Å². The lowest BCUT2D eigenvalue weighted by Gasteiger charge is -2.16. The molecule has 1 N–H and O–H groups in total. The molecule has 0 aromatic heterocycles. The molecule has 1 aromatic carbocycles. The fraction of sp³-hybridized carbons (Fsp3) is 0.385. The largest absolute Gasteiger partial charge is 0.384 e. The van der Waals surface area contributed by atoms with E-state index in [0.717, 1.165) is 18.9 Å². The molecule has 0 atom stereocenters. The highest BCUT2D eigenvalue weighted by Gasteiger charge is 2.36. The summed E-state index contributed by atoms with van der Waals surface area (Å²) in [5.41, 5.74) is 0.333. The van der Waals surface area contributed by atoms with Gasteiger partial charge in [0.05, 0.1) is 0 Å². The molecule has 0 spiro atoms. The first kappa shape index (κ1) is 14.0. The third-order valence-electron chi connectivity index (χ3n) is 2.96. The Labute approximate surface area is 111 Å². The van der Waals surface area contributed by atoms with Crippen LogP contribution in [0.1, 0.15) is 18.4 Å². The van der Waals surface area contributed by atoms with Crippen LogP contribution >= 0.6 is 0 Å². The summed E-state index contributed by atoms with van der Waals surface area (Å²) >= 11 is 0. The van der Waals surface area contributed by atoms with Crippen molar-refractivity contribution in [2.75, 3.05) is 13.7 Å². The third-order valence-corrected chi connectivity index (χ3v) is 4.91. The lowest BCUT2D eigenvalue weighted by Crippen LogP contribution is -2.29. The van der Waals surface area contributed by atoms with Crippen molar-refractivity contribution in [1.82, 2.24) is 4.31 Å². The van der Waals surface area contributed by atoms with Gasteiger partial charge in [0, 0.05) is 18.7 Å². The van der Waals surface area contributed by atoms with Gasteiger partial charge in [-0.1, -0.05) is 11.8 Å². The molecule has 0 radical (unpaired) electrons. The molecule has 0 bridgehead atoms. The van der Waals surface area contributed by atoms with E-state index in [0.29, 0.717) is 5.56 Å². The Morgan fingerprint density at radius 3 is 2.68 bits per heavy atom. The van der Waals surface area contributed by atoms with Crippen molar-refractivity contribution in [3.8, 4) is 11.8 Å². The van der Waals surface area contributed by atoms with Crippen LogP contribution in [0.15, 0.2) is 23.1 Å². The second kappa shape index (κ2) is 5.29. The van der Waals surface area contributed by atoms with E-state index in [-0.39, 0.29) is 17.5 Å². The van der Waals surface area contributed by atoms with Crippen LogP contribution in [-0.2, 0) is 10.0 Å². The molecular weight excluding hydrogens is 269 g/mol. The van der Waals surface area contributed by atoms with Gasteiger partial charge in [-0.05, 0) is 31.0 Å². The van der Waals surface area contributed by atoms with E-state index in [1.807, 2.05) is 0 Å². The summed E-state index contributed by atoms with van der Waals surface area (Å²) in [7, 11) is -2.32. The standard InChI is InChI=1S/C13H14FNO3S/c1-15(11-5-6-11)19(17,18)13-7-4-10(3-2-8-16)9-12(13)14/h4,7,9,11,16H,5-6,8H2,1H3. The quantitative estimate of drug-likeness (QED) is 0.840. The van der Waals surface area contributed by atoms with Gasteiger partial charge in [0.2, 0.25) is 10.0 Å². The Kier molecular flexibility index (Phi) is 3.90. The average Bonchev–Trinajstić information content (AvgIpc) is 3.19. The fourth-order valence-electron chi connectivity index (χ4n) is 1.72. The number of rotatable bonds is 3. The summed E-state index contributed by atoms with van der Waals surface area (Å²) in [5, 5.41) is 8.55. The number of aliphatic hydroxyl groups excluding tert-OH is 1. The Balaban J connectivity index is 2.35. The summed E-state index contributed by atoms with van der Waals surface area (Å²) in [6.07, 6.45) is 1.63. The van der Waals surface area contributed by atoms with Gasteiger partial charge in [-0.2, -0.15) is 4.31 Å². The van der Waals surface area contributed by atoms with Gasteiger partial charge in [0.25, 0.3) is 0 Å². The summed E-state index contributed by atoms with van der Waals surface area (Å²) in [6, 6.07) is 3.69. The van der Waals surface area contributed by atoms with Crippen molar-refractivity contribution in [2.45, 2.75) is 23.8 Å². The monoisotopic (exact) mass is 283 g/mol. The first-order valence-corrected chi connectivity index (χ1v) is 7.28. The molecule has 4 nitrogen and oxygen atoms in total. The Bertz CT molecular complexity index is 642. The highest BCUT2D eigenvalue weighted by molar-refractivity contribution is 7.89. The SMILES string of the molecule is CN(C1CC1)S(=O)(=O)c1ccc(C#CCO)cc1F. The maximum atomic E-state index is 13.9. The predicted octanol–water partition coefficient (Wildman–Crippen LogP) is 0.952. The topological polar surface area (TPSA) is 57.6 Å². The van der Waals surface area contributed by atoms with E-state index in [4.69, 9.17) is 5.11 Å². The zero-order valence-corrected chi connectivity index (χ0v) is 11.2. The van der Waals surface area contributed by atoms with E-state index in [1.165, 1.54) is 23.5 Å². The molecule has 19 heavy (non-hydrogen) atoms. The number of benzene rings is 1. The molecular formula is C13H14FNO3S. The number of hydrogen-bond donors (Lipinski definition) is 1. The minimum atomic E-state index is -3.78. The maximum absolute atomic E-state index is 13.9. The van der Waals surface area contributed by atoms with Gasteiger partial charge in [0.15, 0.2) is 0 Å². The second-order valence-electron chi connectivity index (χ2n) is 4.36. The molecule has 1 aliphatic rings. The third kappa shape index (κ3) is 2.95. The molecule has 0 heterocycles. The average molecular weight is 283 g/mol. The van der Waals surface area contributed by atoms with Crippen molar-refractivity contribution in [3.63, 3.8) is 0 Å². The maximum Gasteiger partial charge on any atom is 0.245 e. The summed E-state index contributed by atoms with van der Waals surface area (Å²) in [5.74, 6) is 4.09. The van der Waals surface area contributed by atoms with Crippen molar-refractivity contribution in [3.05, 3.63) is 29.6 Å². The Hall–Kier alpha value is -1.42. The van der Waals surface area contributed by atoms with Crippen LogP contribution < -0.4 is 0 Å². The second-order valence-corrected chi connectivity index (χ2v) is 6.32. The van der Waals surface area contributed by atoms with Gasteiger partial charge < -0.3 is 5.11 Å². The summed E-state index contributed by atoms with van der Waals surface area (Å²) < 4.78 is 39.4. The van der Waals surface area contributed by atoms with Gasteiger partial charge in [0.1, 0.15) is 17.3 Å². The first-order chi connectivity index (χ1) is 8.96. The van der Waals surface area contributed by atoms with Crippen LogP contribution in [0.25, 0.3) is 0 Å². The number of nitrogens with zero attached hydrogens (tertiary/aromatic N) is 1. The molecule has 0 unspecified atom stereocenters. The Morgan fingerprint density at radius 1 is 1.47 bits per heavy atom. The molecule has 0 amide bonds. The summed E-state index contributed by atoms with van der Waals surface area (Å²) in [4.78, 5) is -0.337. The lowest BCUT2D eigenvalue weighted by molar-refractivity contribution is 0.350. The van der Waals surface area contributed by atoms with Crippen LogP contribution in [0.5, 0.6) is 0 Å². The van der Waals surface area contributed by atoms with Crippen molar-refractivity contribution >= 4 is 10.0 Å².